The molecule has 5 heteroatoms. The molecule has 148 valence electrons. The zero-order valence-corrected chi connectivity index (χ0v) is 17.3. The third-order valence-electron chi connectivity index (χ3n) is 4.82. The molecule has 0 aliphatic heterocycles. The lowest BCUT2D eigenvalue weighted by atomic mass is 10.1. The van der Waals surface area contributed by atoms with E-state index in [1.165, 1.54) is 11.6 Å². The molecular formula is C24H22F2N2S. The summed E-state index contributed by atoms with van der Waals surface area (Å²) < 4.78 is 30.4. The number of aryl methyl sites for hydroxylation is 1. The van der Waals surface area contributed by atoms with Gasteiger partial charge in [-0.2, -0.15) is 0 Å². The molecule has 0 aliphatic carbocycles. The Kier molecular flexibility index (Phi) is 5.67. The van der Waals surface area contributed by atoms with Crippen LogP contribution in [0.1, 0.15) is 24.5 Å². The fourth-order valence-corrected chi connectivity index (χ4v) is 4.12. The molecule has 1 heterocycles. The van der Waals surface area contributed by atoms with Gasteiger partial charge in [0, 0.05) is 11.4 Å². The number of imidazole rings is 1. The second-order valence-electron chi connectivity index (χ2n) is 7.13. The first-order chi connectivity index (χ1) is 14.0. The largest absolute Gasteiger partial charge is 0.319 e. The molecule has 0 atom stereocenters. The van der Waals surface area contributed by atoms with E-state index in [1.807, 2.05) is 23.6 Å². The molecule has 0 bridgehead atoms. The predicted molar refractivity (Wildman–Crippen MR) is 116 cm³/mol. The number of nitrogens with zero attached hydrogens (tertiary/aromatic N) is 2. The summed E-state index contributed by atoms with van der Waals surface area (Å²) in [5, 5.41) is 0. The van der Waals surface area contributed by atoms with Crippen molar-refractivity contribution in [3.05, 3.63) is 83.4 Å². The minimum absolute atomic E-state index is 0.177. The van der Waals surface area contributed by atoms with Crippen LogP contribution in [0, 0.1) is 18.6 Å². The highest BCUT2D eigenvalue weighted by Gasteiger charge is 2.17. The Balaban J connectivity index is 1.88. The Labute approximate surface area is 173 Å². The number of hydrogen-bond donors (Lipinski definition) is 0. The zero-order chi connectivity index (χ0) is 20.4. The average Bonchev–Trinajstić information content (AvgIpc) is 3.07. The van der Waals surface area contributed by atoms with E-state index >= 15 is 0 Å². The van der Waals surface area contributed by atoms with Crippen molar-refractivity contribution in [1.29, 1.82) is 0 Å². The number of aromatic nitrogens is 2. The summed E-state index contributed by atoms with van der Waals surface area (Å²) in [6.45, 7) is 4.73. The van der Waals surface area contributed by atoms with Crippen LogP contribution in [0.15, 0.2) is 65.6 Å². The van der Waals surface area contributed by atoms with E-state index in [9.17, 15) is 8.78 Å². The Bertz CT molecular complexity index is 1150. The fraction of sp³-hybridized carbons (Fsp3) is 0.208. The molecule has 0 unspecified atom stereocenters. The number of benzene rings is 3. The van der Waals surface area contributed by atoms with E-state index < -0.39 is 11.6 Å². The van der Waals surface area contributed by atoms with Crippen molar-refractivity contribution in [3.63, 3.8) is 0 Å². The lowest BCUT2D eigenvalue weighted by Gasteiger charge is -2.11. The molecule has 0 saturated carbocycles. The van der Waals surface area contributed by atoms with Crippen LogP contribution in [0.4, 0.5) is 8.78 Å². The summed E-state index contributed by atoms with van der Waals surface area (Å²) in [4.78, 5) is 5.82. The van der Waals surface area contributed by atoms with E-state index in [1.54, 1.807) is 11.8 Å². The van der Waals surface area contributed by atoms with Crippen LogP contribution in [0.2, 0.25) is 0 Å². The van der Waals surface area contributed by atoms with Crippen molar-refractivity contribution in [2.24, 2.45) is 0 Å². The summed E-state index contributed by atoms with van der Waals surface area (Å²) in [7, 11) is 0. The summed E-state index contributed by atoms with van der Waals surface area (Å²) in [6, 6.07) is 17.8. The fourth-order valence-electron chi connectivity index (χ4n) is 3.32. The standard InChI is InChI=1S/C24H22F2N2S/c1-3-12-29-19-9-11-22-23(14-19)28(15-17-6-4-16(2)5-7-17)24(27-22)20-13-18(25)8-10-21(20)26/h4-11,13-14H,3,12,15H2,1-2H3. The van der Waals surface area contributed by atoms with Crippen molar-refractivity contribution in [2.45, 2.75) is 31.7 Å². The van der Waals surface area contributed by atoms with E-state index in [2.05, 4.69) is 42.2 Å². The van der Waals surface area contributed by atoms with Crippen LogP contribution >= 0.6 is 11.8 Å². The molecule has 1 aromatic heterocycles. The quantitative estimate of drug-likeness (QED) is 0.325. The molecule has 0 radical (unpaired) electrons. The van der Waals surface area contributed by atoms with Gasteiger partial charge in [-0.1, -0.05) is 36.8 Å². The van der Waals surface area contributed by atoms with E-state index in [4.69, 9.17) is 0 Å². The van der Waals surface area contributed by atoms with Crippen molar-refractivity contribution >= 4 is 22.8 Å². The Morgan fingerprint density at radius 3 is 2.52 bits per heavy atom. The molecule has 0 fully saturated rings. The Morgan fingerprint density at radius 2 is 1.76 bits per heavy atom. The molecule has 2 nitrogen and oxygen atoms in total. The lowest BCUT2D eigenvalue weighted by molar-refractivity contribution is 0.601. The topological polar surface area (TPSA) is 17.8 Å². The highest BCUT2D eigenvalue weighted by atomic mass is 32.2. The summed E-state index contributed by atoms with van der Waals surface area (Å²) in [6.07, 6.45) is 1.09. The van der Waals surface area contributed by atoms with Gasteiger partial charge < -0.3 is 4.57 Å². The molecule has 0 amide bonds. The van der Waals surface area contributed by atoms with Crippen LogP contribution in [0.25, 0.3) is 22.4 Å². The summed E-state index contributed by atoms with van der Waals surface area (Å²) in [5.41, 5.74) is 4.14. The molecule has 0 N–H and O–H groups in total. The first-order valence-corrected chi connectivity index (χ1v) is 10.7. The van der Waals surface area contributed by atoms with Crippen molar-refractivity contribution in [1.82, 2.24) is 9.55 Å². The monoisotopic (exact) mass is 408 g/mol. The second-order valence-corrected chi connectivity index (χ2v) is 8.30. The van der Waals surface area contributed by atoms with Crippen LogP contribution in [0.5, 0.6) is 0 Å². The van der Waals surface area contributed by atoms with Gasteiger partial charge in [0.25, 0.3) is 0 Å². The number of hydrogen-bond acceptors (Lipinski definition) is 2. The molecular weight excluding hydrogens is 386 g/mol. The van der Waals surface area contributed by atoms with Crippen LogP contribution < -0.4 is 0 Å². The van der Waals surface area contributed by atoms with E-state index in [-0.39, 0.29) is 5.56 Å². The van der Waals surface area contributed by atoms with Crippen LogP contribution in [0.3, 0.4) is 0 Å². The summed E-state index contributed by atoms with van der Waals surface area (Å²) in [5.74, 6) is 0.514. The number of fused-ring (bicyclic) bond motifs is 1. The van der Waals surface area contributed by atoms with Gasteiger partial charge in [-0.05, 0) is 61.1 Å². The number of thioether (sulfide) groups is 1. The highest BCUT2D eigenvalue weighted by Crippen LogP contribution is 2.31. The third-order valence-corrected chi connectivity index (χ3v) is 6.02. The molecule has 0 saturated heterocycles. The van der Waals surface area contributed by atoms with Crippen LogP contribution in [-0.2, 0) is 6.54 Å². The van der Waals surface area contributed by atoms with Gasteiger partial charge in [-0.15, -0.1) is 11.8 Å². The highest BCUT2D eigenvalue weighted by molar-refractivity contribution is 7.99. The maximum absolute atomic E-state index is 14.6. The van der Waals surface area contributed by atoms with Gasteiger partial charge in [0.2, 0.25) is 0 Å². The first kappa shape index (κ1) is 19.6. The average molecular weight is 409 g/mol. The van der Waals surface area contributed by atoms with Gasteiger partial charge >= 0.3 is 0 Å². The van der Waals surface area contributed by atoms with Crippen LogP contribution in [-0.4, -0.2) is 15.3 Å². The van der Waals surface area contributed by atoms with Crippen molar-refractivity contribution < 1.29 is 8.78 Å². The Morgan fingerprint density at radius 1 is 0.966 bits per heavy atom. The van der Waals surface area contributed by atoms with Gasteiger partial charge in [0.05, 0.1) is 16.6 Å². The number of rotatable bonds is 6. The minimum atomic E-state index is -0.479. The van der Waals surface area contributed by atoms with E-state index in [0.717, 1.165) is 45.8 Å². The SMILES string of the molecule is CCCSc1ccc2nc(-c3cc(F)ccc3F)n(Cc3ccc(C)cc3)c2c1. The normalized spacial score (nSPS) is 11.3. The first-order valence-electron chi connectivity index (χ1n) is 9.69. The van der Waals surface area contributed by atoms with E-state index in [0.29, 0.717) is 12.4 Å². The molecule has 3 aromatic carbocycles. The van der Waals surface area contributed by atoms with Crippen molar-refractivity contribution in [2.75, 3.05) is 5.75 Å². The van der Waals surface area contributed by atoms with Crippen molar-refractivity contribution in [3.8, 4) is 11.4 Å². The maximum atomic E-state index is 14.6. The third kappa shape index (κ3) is 4.20. The second kappa shape index (κ2) is 8.37. The smallest absolute Gasteiger partial charge is 0.144 e. The maximum Gasteiger partial charge on any atom is 0.144 e. The summed E-state index contributed by atoms with van der Waals surface area (Å²) >= 11 is 1.79. The lowest BCUT2D eigenvalue weighted by Crippen LogP contribution is -2.03. The minimum Gasteiger partial charge on any atom is -0.319 e. The molecule has 29 heavy (non-hydrogen) atoms. The van der Waals surface area contributed by atoms with Gasteiger partial charge in [0.15, 0.2) is 0 Å². The zero-order valence-electron chi connectivity index (χ0n) is 16.5. The molecule has 0 aliphatic rings. The van der Waals surface area contributed by atoms with Gasteiger partial charge in [-0.25, -0.2) is 13.8 Å². The van der Waals surface area contributed by atoms with Gasteiger partial charge in [-0.3, -0.25) is 0 Å². The molecule has 4 rings (SSSR count). The number of halogens is 2. The van der Waals surface area contributed by atoms with Gasteiger partial charge in [0.1, 0.15) is 17.5 Å². The molecule has 0 spiro atoms. The Hall–Kier alpha value is -2.66. The molecule has 4 aromatic rings. The predicted octanol–water partition coefficient (Wildman–Crippen LogP) is 6.84.